The lowest BCUT2D eigenvalue weighted by molar-refractivity contribution is -0.130. The second-order valence-electron chi connectivity index (χ2n) is 5.19. The molecule has 116 valence electrons. The van der Waals surface area contributed by atoms with Gasteiger partial charge < -0.3 is 10.0 Å². The first-order valence-corrected chi connectivity index (χ1v) is 6.89. The van der Waals surface area contributed by atoms with E-state index in [9.17, 15) is 9.59 Å². The molecule has 1 heterocycles. The summed E-state index contributed by atoms with van der Waals surface area (Å²) >= 11 is 0. The van der Waals surface area contributed by atoms with Gasteiger partial charge in [0.25, 0.3) is 0 Å². The van der Waals surface area contributed by atoms with Crippen LogP contribution in [0.4, 0.5) is 0 Å². The average molecular weight is 302 g/mol. The summed E-state index contributed by atoms with van der Waals surface area (Å²) in [5, 5.41) is 15.9. The first kappa shape index (κ1) is 15.7. The van der Waals surface area contributed by atoms with Crippen LogP contribution in [0.2, 0.25) is 0 Å². The largest absolute Gasteiger partial charge is 0.476 e. The van der Waals surface area contributed by atoms with E-state index in [0.717, 1.165) is 5.56 Å². The highest BCUT2D eigenvalue weighted by molar-refractivity contribution is 5.84. The van der Waals surface area contributed by atoms with Crippen molar-refractivity contribution in [3.8, 4) is 0 Å². The molecule has 0 bridgehead atoms. The Labute approximate surface area is 128 Å². The Balaban J connectivity index is 1.92. The van der Waals surface area contributed by atoms with Gasteiger partial charge in [-0.3, -0.25) is 4.79 Å². The van der Waals surface area contributed by atoms with Crippen LogP contribution in [0.15, 0.2) is 36.5 Å². The van der Waals surface area contributed by atoms with Gasteiger partial charge in [0.05, 0.1) is 6.20 Å². The summed E-state index contributed by atoms with van der Waals surface area (Å²) < 4.78 is 1.23. The monoisotopic (exact) mass is 302 g/mol. The second-order valence-corrected chi connectivity index (χ2v) is 5.19. The van der Waals surface area contributed by atoms with Crippen molar-refractivity contribution < 1.29 is 14.7 Å². The number of carbonyl (C=O) groups is 2. The van der Waals surface area contributed by atoms with E-state index in [4.69, 9.17) is 5.11 Å². The van der Waals surface area contributed by atoms with Crippen molar-refractivity contribution in [2.75, 3.05) is 13.6 Å². The van der Waals surface area contributed by atoms with Crippen LogP contribution in [-0.4, -0.2) is 50.5 Å². The van der Waals surface area contributed by atoms with E-state index >= 15 is 0 Å². The molecular weight excluding hydrogens is 284 g/mol. The van der Waals surface area contributed by atoms with Gasteiger partial charge in [-0.1, -0.05) is 42.5 Å². The van der Waals surface area contributed by atoms with Crippen LogP contribution in [0.25, 0.3) is 0 Å². The zero-order valence-corrected chi connectivity index (χ0v) is 12.5. The topological polar surface area (TPSA) is 88.3 Å². The van der Waals surface area contributed by atoms with E-state index in [1.165, 1.54) is 10.9 Å². The molecule has 1 unspecified atom stereocenters. The number of amides is 1. The summed E-state index contributed by atoms with van der Waals surface area (Å²) in [6.45, 7) is 2.60. The van der Waals surface area contributed by atoms with Crippen LogP contribution in [0, 0.1) is 0 Å². The Morgan fingerprint density at radius 2 is 2.00 bits per heavy atom. The van der Waals surface area contributed by atoms with Crippen molar-refractivity contribution in [3.63, 3.8) is 0 Å². The molecule has 0 spiro atoms. The lowest BCUT2D eigenvalue weighted by Gasteiger charge is -2.21. The van der Waals surface area contributed by atoms with Crippen molar-refractivity contribution in [2.24, 2.45) is 0 Å². The second kappa shape index (κ2) is 6.84. The number of hydrogen-bond acceptors (Lipinski definition) is 4. The molecule has 0 radical (unpaired) electrons. The van der Waals surface area contributed by atoms with Crippen molar-refractivity contribution in [1.82, 2.24) is 19.9 Å². The van der Waals surface area contributed by atoms with Gasteiger partial charge in [-0.15, -0.1) is 5.10 Å². The van der Waals surface area contributed by atoms with Gasteiger partial charge >= 0.3 is 5.97 Å². The normalized spacial score (nSPS) is 11.9. The Morgan fingerprint density at radius 1 is 1.32 bits per heavy atom. The predicted molar refractivity (Wildman–Crippen MR) is 79.5 cm³/mol. The fourth-order valence-electron chi connectivity index (χ4n) is 2.13. The number of carboxylic acids is 1. The van der Waals surface area contributed by atoms with Crippen molar-refractivity contribution in [2.45, 2.75) is 19.4 Å². The van der Waals surface area contributed by atoms with E-state index in [1.54, 1.807) is 11.9 Å². The number of nitrogens with zero attached hydrogens (tertiary/aromatic N) is 4. The van der Waals surface area contributed by atoms with E-state index in [1.807, 2.05) is 30.3 Å². The summed E-state index contributed by atoms with van der Waals surface area (Å²) in [6, 6.07) is 9.95. The number of carbonyl (C=O) groups excluding carboxylic acids is 1. The van der Waals surface area contributed by atoms with Crippen LogP contribution >= 0.6 is 0 Å². The minimum Gasteiger partial charge on any atom is -0.476 e. The summed E-state index contributed by atoms with van der Waals surface area (Å²) in [5.74, 6) is -1.10. The van der Waals surface area contributed by atoms with E-state index in [0.29, 0.717) is 6.54 Å². The minimum absolute atomic E-state index is 0.0295. The van der Waals surface area contributed by atoms with Crippen LogP contribution in [0.5, 0.6) is 0 Å². The molecule has 1 atom stereocenters. The van der Waals surface area contributed by atoms with Gasteiger partial charge in [0.15, 0.2) is 5.69 Å². The van der Waals surface area contributed by atoms with Gasteiger partial charge in [-0.05, 0) is 11.5 Å². The first-order chi connectivity index (χ1) is 10.5. The number of rotatable bonds is 6. The Bertz CT molecular complexity index is 654. The lowest BCUT2D eigenvalue weighted by Crippen LogP contribution is -2.33. The Morgan fingerprint density at radius 3 is 2.59 bits per heavy atom. The molecule has 1 N–H and O–H groups in total. The maximum absolute atomic E-state index is 12.1. The fourth-order valence-corrected chi connectivity index (χ4v) is 2.13. The third-order valence-corrected chi connectivity index (χ3v) is 3.40. The van der Waals surface area contributed by atoms with E-state index in [-0.39, 0.29) is 24.1 Å². The summed E-state index contributed by atoms with van der Waals surface area (Å²) in [7, 11) is 1.72. The van der Waals surface area contributed by atoms with E-state index < -0.39 is 5.97 Å². The van der Waals surface area contributed by atoms with E-state index in [2.05, 4.69) is 17.2 Å². The predicted octanol–water partition coefficient (Wildman–Crippen LogP) is 1.24. The third kappa shape index (κ3) is 3.91. The molecule has 0 aliphatic heterocycles. The van der Waals surface area contributed by atoms with Gasteiger partial charge in [0, 0.05) is 13.6 Å². The molecule has 1 aromatic carbocycles. The lowest BCUT2D eigenvalue weighted by atomic mass is 10.0. The Hall–Kier alpha value is -2.70. The molecule has 22 heavy (non-hydrogen) atoms. The molecule has 1 aromatic heterocycles. The molecule has 0 fully saturated rings. The van der Waals surface area contributed by atoms with Gasteiger partial charge in [0.2, 0.25) is 5.91 Å². The van der Waals surface area contributed by atoms with Crippen molar-refractivity contribution in [1.29, 1.82) is 0 Å². The number of hydrogen-bond donors (Lipinski definition) is 1. The maximum Gasteiger partial charge on any atom is 0.358 e. The van der Waals surface area contributed by atoms with Crippen molar-refractivity contribution >= 4 is 11.9 Å². The fraction of sp³-hybridized carbons (Fsp3) is 0.333. The first-order valence-electron chi connectivity index (χ1n) is 6.89. The van der Waals surface area contributed by atoms with Crippen LogP contribution < -0.4 is 0 Å². The van der Waals surface area contributed by atoms with Gasteiger partial charge in [-0.25, -0.2) is 9.48 Å². The molecule has 0 aliphatic carbocycles. The average Bonchev–Trinajstić information content (AvgIpc) is 2.96. The molecule has 0 saturated carbocycles. The number of carboxylic acid groups (broad SMARTS) is 1. The molecule has 0 saturated heterocycles. The SMILES string of the molecule is CC(CN(C)C(=O)Cn1cc(C(=O)O)nn1)c1ccccc1. The molecule has 7 nitrogen and oxygen atoms in total. The number of benzene rings is 1. The van der Waals surface area contributed by atoms with Gasteiger partial charge in [0.1, 0.15) is 6.54 Å². The summed E-state index contributed by atoms with van der Waals surface area (Å²) in [6.07, 6.45) is 1.24. The minimum atomic E-state index is -1.16. The zero-order chi connectivity index (χ0) is 16.1. The summed E-state index contributed by atoms with van der Waals surface area (Å²) in [4.78, 5) is 24.5. The molecule has 0 aliphatic rings. The molecular formula is C15H18N4O3. The smallest absolute Gasteiger partial charge is 0.358 e. The number of likely N-dealkylation sites (N-methyl/N-ethyl adjacent to an activating group) is 1. The maximum atomic E-state index is 12.1. The third-order valence-electron chi connectivity index (χ3n) is 3.40. The highest BCUT2D eigenvalue weighted by Crippen LogP contribution is 2.15. The van der Waals surface area contributed by atoms with Crippen LogP contribution in [0.3, 0.4) is 0 Å². The molecule has 7 heteroatoms. The highest BCUT2D eigenvalue weighted by atomic mass is 16.4. The van der Waals surface area contributed by atoms with Crippen LogP contribution in [-0.2, 0) is 11.3 Å². The number of aromatic carboxylic acids is 1. The molecule has 2 aromatic rings. The van der Waals surface area contributed by atoms with Crippen LogP contribution in [0.1, 0.15) is 28.9 Å². The summed E-state index contributed by atoms with van der Waals surface area (Å²) in [5.41, 5.74) is 0.990. The van der Waals surface area contributed by atoms with Crippen molar-refractivity contribution in [3.05, 3.63) is 47.8 Å². The molecule has 1 amide bonds. The Kier molecular flexibility index (Phi) is 4.88. The zero-order valence-electron chi connectivity index (χ0n) is 12.5. The standard InChI is InChI=1S/C15H18N4O3/c1-11(12-6-4-3-5-7-12)8-18(2)14(20)10-19-9-13(15(21)22)16-17-19/h3-7,9,11H,8,10H2,1-2H3,(H,21,22). The van der Waals surface area contributed by atoms with Gasteiger partial charge in [-0.2, -0.15) is 0 Å². The molecule has 2 rings (SSSR count). The highest BCUT2D eigenvalue weighted by Gasteiger charge is 2.16. The number of aromatic nitrogens is 3. The quantitative estimate of drug-likeness (QED) is 0.867.